The molecule has 0 amide bonds. The zero-order chi connectivity index (χ0) is 18.5. The van der Waals surface area contributed by atoms with Gasteiger partial charge in [-0.25, -0.2) is 4.98 Å². The molecule has 1 aliphatic rings. The minimum absolute atomic E-state index is 0.0360. The summed E-state index contributed by atoms with van der Waals surface area (Å²) in [6.45, 7) is 3.90. The van der Waals surface area contributed by atoms with Gasteiger partial charge in [0.25, 0.3) is 0 Å². The van der Waals surface area contributed by atoms with E-state index in [0.29, 0.717) is 5.75 Å². The van der Waals surface area contributed by atoms with Crippen LogP contribution in [0, 0.1) is 24.0 Å². The van der Waals surface area contributed by atoms with E-state index in [4.69, 9.17) is 4.74 Å². The Morgan fingerprint density at radius 3 is 2.35 bits per heavy atom. The van der Waals surface area contributed by atoms with Gasteiger partial charge in [0.15, 0.2) is 0 Å². The van der Waals surface area contributed by atoms with E-state index < -0.39 is 4.92 Å². The molecule has 0 radical (unpaired) electrons. The topological polar surface area (TPSA) is 90.2 Å². The van der Waals surface area contributed by atoms with Gasteiger partial charge >= 0.3 is 11.6 Å². The fourth-order valence-electron chi connectivity index (χ4n) is 3.43. The second kappa shape index (κ2) is 8.12. The Bertz CT molecular complexity index is 766. The average Bonchev–Trinajstić information content (AvgIpc) is 2.82. The summed E-state index contributed by atoms with van der Waals surface area (Å²) in [5.74, 6) is 0.729. The van der Waals surface area contributed by atoms with Gasteiger partial charge in [-0.2, -0.15) is 4.98 Å². The van der Waals surface area contributed by atoms with Crippen molar-refractivity contribution in [2.75, 3.05) is 5.32 Å². The first-order valence-corrected chi connectivity index (χ1v) is 9.05. The molecule has 138 valence electrons. The quantitative estimate of drug-likeness (QED) is 0.464. The zero-order valence-electron chi connectivity index (χ0n) is 15.2. The molecule has 2 aromatic rings. The van der Waals surface area contributed by atoms with Crippen molar-refractivity contribution in [3.05, 3.63) is 45.8 Å². The molecule has 1 aromatic carbocycles. The van der Waals surface area contributed by atoms with E-state index in [1.54, 1.807) is 0 Å². The normalized spacial score (nSPS) is 15.3. The van der Waals surface area contributed by atoms with Crippen molar-refractivity contribution in [3.63, 3.8) is 0 Å². The smallest absolute Gasteiger partial charge is 0.373 e. The van der Waals surface area contributed by atoms with Gasteiger partial charge in [-0.05, 0) is 49.9 Å². The number of nitrogens with zero attached hydrogens (tertiary/aromatic N) is 3. The highest BCUT2D eigenvalue weighted by Gasteiger charge is 2.27. The van der Waals surface area contributed by atoms with Crippen LogP contribution in [0.15, 0.2) is 24.5 Å². The third-order valence-electron chi connectivity index (χ3n) is 4.58. The molecule has 0 spiro atoms. The number of rotatable bonds is 5. The maximum Gasteiger partial charge on any atom is 0.373 e. The Morgan fingerprint density at radius 1 is 1.08 bits per heavy atom. The van der Waals surface area contributed by atoms with Crippen LogP contribution in [0.4, 0.5) is 11.5 Å². The van der Waals surface area contributed by atoms with Crippen LogP contribution >= 0.6 is 0 Å². The fourth-order valence-corrected chi connectivity index (χ4v) is 3.43. The van der Waals surface area contributed by atoms with E-state index in [-0.39, 0.29) is 23.4 Å². The minimum Gasteiger partial charge on any atom is -0.434 e. The Morgan fingerprint density at radius 2 is 1.73 bits per heavy atom. The lowest BCUT2D eigenvalue weighted by molar-refractivity contribution is -0.385. The number of nitro groups is 1. The number of benzene rings is 1. The van der Waals surface area contributed by atoms with Crippen molar-refractivity contribution in [2.24, 2.45) is 0 Å². The second-order valence-electron chi connectivity index (χ2n) is 6.89. The lowest BCUT2D eigenvalue weighted by atomic mass is 10.1. The summed E-state index contributed by atoms with van der Waals surface area (Å²) in [5.41, 5.74) is 1.83. The molecule has 7 nitrogen and oxygen atoms in total. The molecule has 0 aliphatic heterocycles. The van der Waals surface area contributed by atoms with E-state index in [1.807, 2.05) is 32.0 Å². The number of nitrogens with one attached hydrogen (secondary N) is 1. The van der Waals surface area contributed by atoms with E-state index in [0.717, 1.165) is 36.8 Å². The van der Waals surface area contributed by atoms with Crippen molar-refractivity contribution in [1.82, 2.24) is 9.97 Å². The molecule has 0 bridgehead atoms. The molecule has 1 aliphatic carbocycles. The van der Waals surface area contributed by atoms with E-state index in [2.05, 4.69) is 15.3 Å². The summed E-state index contributed by atoms with van der Waals surface area (Å²) in [7, 11) is 0. The maximum atomic E-state index is 11.7. The SMILES string of the molecule is Cc1cc(C)cc(Oc2ncnc(NC3CCCCCC3)c2[N+](=O)[O-])c1. The zero-order valence-corrected chi connectivity index (χ0v) is 15.2. The molecule has 0 unspecified atom stereocenters. The van der Waals surface area contributed by atoms with Crippen LogP contribution in [0.3, 0.4) is 0 Å². The number of aryl methyl sites for hydroxylation is 2. The molecular weight excluding hydrogens is 332 g/mol. The number of aromatic nitrogens is 2. The van der Waals surface area contributed by atoms with E-state index in [1.165, 1.54) is 19.2 Å². The van der Waals surface area contributed by atoms with Crippen molar-refractivity contribution in [2.45, 2.75) is 58.4 Å². The van der Waals surface area contributed by atoms with Crippen LogP contribution in [0.1, 0.15) is 49.7 Å². The third kappa shape index (κ3) is 4.47. The number of anilines is 1. The van der Waals surface area contributed by atoms with Crippen LogP contribution in [-0.2, 0) is 0 Å². The maximum absolute atomic E-state index is 11.7. The molecule has 0 saturated heterocycles. The predicted molar refractivity (Wildman–Crippen MR) is 99.8 cm³/mol. The molecule has 0 atom stereocenters. The molecule has 1 saturated carbocycles. The van der Waals surface area contributed by atoms with Crippen LogP contribution in [0.25, 0.3) is 0 Å². The van der Waals surface area contributed by atoms with Gasteiger partial charge < -0.3 is 10.1 Å². The van der Waals surface area contributed by atoms with Gasteiger partial charge in [0.2, 0.25) is 5.82 Å². The van der Waals surface area contributed by atoms with Crippen molar-refractivity contribution in [1.29, 1.82) is 0 Å². The largest absolute Gasteiger partial charge is 0.434 e. The first-order chi connectivity index (χ1) is 12.5. The van der Waals surface area contributed by atoms with Gasteiger partial charge in [-0.1, -0.05) is 31.7 Å². The highest BCUT2D eigenvalue weighted by atomic mass is 16.6. The minimum atomic E-state index is -0.475. The van der Waals surface area contributed by atoms with Crippen LogP contribution in [-0.4, -0.2) is 20.9 Å². The van der Waals surface area contributed by atoms with Crippen molar-refractivity contribution >= 4 is 11.5 Å². The summed E-state index contributed by atoms with van der Waals surface area (Å²) in [6, 6.07) is 5.87. The van der Waals surface area contributed by atoms with Crippen LogP contribution in [0.2, 0.25) is 0 Å². The Labute approximate surface area is 153 Å². The summed E-state index contributed by atoms with van der Waals surface area (Å²) in [4.78, 5) is 19.3. The molecule has 1 N–H and O–H groups in total. The summed E-state index contributed by atoms with van der Waals surface area (Å²) >= 11 is 0. The highest BCUT2D eigenvalue weighted by Crippen LogP contribution is 2.35. The van der Waals surface area contributed by atoms with Crippen LogP contribution < -0.4 is 10.1 Å². The molecule has 1 aromatic heterocycles. The Kier molecular flexibility index (Phi) is 5.65. The van der Waals surface area contributed by atoms with Crippen molar-refractivity contribution < 1.29 is 9.66 Å². The van der Waals surface area contributed by atoms with Crippen molar-refractivity contribution in [3.8, 4) is 11.6 Å². The molecule has 1 fully saturated rings. The first-order valence-electron chi connectivity index (χ1n) is 9.05. The molecule has 1 heterocycles. The van der Waals surface area contributed by atoms with Gasteiger partial charge in [0.05, 0.1) is 4.92 Å². The molecule has 7 heteroatoms. The van der Waals surface area contributed by atoms with Gasteiger partial charge in [0, 0.05) is 6.04 Å². The molecule has 3 rings (SSSR count). The second-order valence-corrected chi connectivity index (χ2v) is 6.89. The monoisotopic (exact) mass is 356 g/mol. The Hall–Kier alpha value is -2.70. The standard InChI is InChI=1S/C19H24N4O3/c1-13-9-14(2)11-16(10-13)26-19-17(23(24)25)18(20-12-21-19)22-15-7-5-3-4-6-8-15/h9-12,15H,3-8H2,1-2H3,(H,20,21,22). The molecule has 26 heavy (non-hydrogen) atoms. The summed E-state index contributed by atoms with van der Waals surface area (Å²) in [5, 5.41) is 14.9. The number of hydrogen-bond acceptors (Lipinski definition) is 6. The van der Waals surface area contributed by atoms with E-state index in [9.17, 15) is 10.1 Å². The lowest BCUT2D eigenvalue weighted by Gasteiger charge is -2.17. The van der Waals surface area contributed by atoms with E-state index >= 15 is 0 Å². The average molecular weight is 356 g/mol. The van der Waals surface area contributed by atoms with Gasteiger partial charge in [0.1, 0.15) is 12.1 Å². The Balaban J connectivity index is 1.89. The molecular formula is C19H24N4O3. The summed E-state index contributed by atoms with van der Waals surface area (Å²) < 4.78 is 5.75. The first kappa shape index (κ1) is 18.1. The van der Waals surface area contributed by atoms with Gasteiger partial charge in [-0.15, -0.1) is 0 Å². The predicted octanol–water partition coefficient (Wildman–Crippen LogP) is 4.93. The third-order valence-corrected chi connectivity index (χ3v) is 4.58. The lowest BCUT2D eigenvalue weighted by Crippen LogP contribution is -2.20. The fraction of sp³-hybridized carbons (Fsp3) is 0.474. The van der Waals surface area contributed by atoms with Crippen LogP contribution in [0.5, 0.6) is 11.6 Å². The summed E-state index contributed by atoms with van der Waals surface area (Å²) in [6.07, 6.45) is 7.98. The number of ether oxygens (including phenoxy) is 1. The highest BCUT2D eigenvalue weighted by molar-refractivity contribution is 5.62. The van der Waals surface area contributed by atoms with Gasteiger partial charge in [-0.3, -0.25) is 10.1 Å². The number of hydrogen-bond donors (Lipinski definition) is 1.